The molecule has 3 aromatic rings. The smallest absolute Gasteiger partial charge is 0.303 e. The van der Waals surface area contributed by atoms with Crippen molar-refractivity contribution in [1.29, 1.82) is 0 Å². The van der Waals surface area contributed by atoms with Crippen molar-refractivity contribution in [1.82, 2.24) is 14.9 Å². The molecule has 1 amide bonds. The molecule has 0 bridgehead atoms. The monoisotopic (exact) mass is 469 g/mol. The Morgan fingerprint density at radius 3 is 2.55 bits per heavy atom. The van der Waals surface area contributed by atoms with Crippen LogP contribution in [0.25, 0.3) is 11.0 Å². The average Bonchev–Trinajstić information content (AvgIpc) is 3.40. The first-order valence-electron chi connectivity index (χ1n) is 11.9. The molecule has 0 aliphatic heterocycles. The lowest BCUT2D eigenvalue weighted by Gasteiger charge is -2.20. The SMILES string of the molecule is CCC(CC)n1c(Cc2cccs2)nc2cc(C(=O)NC(CCC(=O)O)CC(C)C)ccc21. The van der Waals surface area contributed by atoms with Crippen molar-refractivity contribution >= 4 is 34.2 Å². The molecule has 7 heteroatoms. The highest BCUT2D eigenvalue weighted by molar-refractivity contribution is 7.09. The fourth-order valence-corrected chi connectivity index (χ4v) is 5.13. The molecule has 178 valence electrons. The van der Waals surface area contributed by atoms with Gasteiger partial charge in [-0.15, -0.1) is 11.3 Å². The van der Waals surface area contributed by atoms with Crippen LogP contribution >= 0.6 is 11.3 Å². The van der Waals surface area contributed by atoms with Crippen molar-refractivity contribution in [3.8, 4) is 0 Å². The Balaban J connectivity index is 1.90. The van der Waals surface area contributed by atoms with Crippen LogP contribution in [0.1, 0.15) is 86.9 Å². The topological polar surface area (TPSA) is 84.2 Å². The standard InChI is InChI=1S/C26H35N3O3S/c1-5-20(6-2)29-23-11-9-18(15-22(23)28-24(29)16-21-8-7-13-33-21)26(32)27-19(14-17(3)4)10-12-25(30)31/h7-9,11,13,15,17,19-20H,5-6,10,12,14,16H2,1-4H3,(H,27,32)(H,30,31). The first kappa shape index (κ1) is 25.0. The third-order valence-corrected chi connectivity index (χ3v) is 6.92. The summed E-state index contributed by atoms with van der Waals surface area (Å²) in [7, 11) is 0. The van der Waals surface area contributed by atoms with Gasteiger partial charge in [0.2, 0.25) is 0 Å². The van der Waals surface area contributed by atoms with Crippen molar-refractivity contribution in [2.75, 3.05) is 0 Å². The summed E-state index contributed by atoms with van der Waals surface area (Å²) in [6.07, 6.45) is 4.02. The van der Waals surface area contributed by atoms with E-state index in [0.29, 0.717) is 23.9 Å². The van der Waals surface area contributed by atoms with Crippen LogP contribution in [-0.4, -0.2) is 32.6 Å². The second-order valence-corrected chi connectivity index (χ2v) is 10.1. The van der Waals surface area contributed by atoms with Crippen molar-refractivity contribution in [3.63, 3.8) is 0 Å². The predicted molar refractivity (Wildman–Crippen MR) is 134 cm³/mol. The number of aliphatic carboxylic acids is 1. The largest absolute Gasteiger partial charge is 0.481 e. The number of thiophene rings is 1. The van der Waals surface area contributed by atoms with Gasteiger partial charge in [-0.1, -0.05) is 33.8 Å². The molecule has 2 aromatic heterocycles. The van der Waals surface area contributed by atoms with E-state index in [4.69, 9.17) is 10.1 Å². The second kappa shape index (κ2) is 11.5. The number of nitrogens with one attached hydrogen (secondary N) is 1. The summed E-state index contributed by atoms with van der Waals surface area (Å²) in [6.45, 7) is 8.54. The summed E-state index contributed by atoms with van der Waals surface area (Å²) >= 11 is 1.73. The fraction of sp³-hybridized carbons (Fsp3) is 0.500. The molecule has 1 aromatic carbocycles. The second-order valence-electron chi connectivity index (χ2n) is 9.06. The van der Waals surface area contributed by atoms with Crippen LogP contribution in [0.15, 0.2) is 35.7 Å². The van der Waals surface area contributed by atoms with E-state index >= 15 is 0 Å². The maximum atomic E-state index is 13.0. The number of hydrogen-bond acceptors (Lipinski definition) is 4. The molecular weight excluding hydrogens is 434 g/mol. The molecule has 0 aliphatic rings. The molecular formula is C26H35N3O3S. The van der Waals surface area contributed by atoms with Gasteiger partial charge in [0.15, 0.2) is 0 Å². The van der Waals surface area contributed by atoms with Crippen LogP contribution in [-0.2, 0) is 11.2 Å². The van der Waals surface area contributed by atoms with Gasteiger partial charge in [0.1, 0.15) is 5.82 Å². The van der Waals surface area contributed by atoms with E-state index in [0.717, 1.165) is 42.5 Å². The van der Waals surface area contributed by atoms with E-state index in [9.17, 15) is 9.59 Å². The van der Waals surface area contributed by atoms with Gasteiger partial charge in [0, 0.05) is 35.4 Å². The normalized spacial score (nSPS) is 12.5. The number of carboxylic acids is 1. The number of aromatic nitrogens is 2. The zero-order valence-electron chi connectivity index (χ0n) is 20.0. The van der Waals surface area contributed by atoms with Crippen LogP contribution in [0.4, 0.5) is 0 Å². The molecule has 33 heavy (non-hydrogen) atoms. The Hall–Kier alpha value is -2.67. The van der Waals surface area contributed by atoms with Gasteiger partial charge in [-0.3, -0.25) is 9.59 Å². The van der Waals surface area contributed by atoms with E-state index < -0.39 is 5.97 Å². The molecule has 3 rings (SSSR count). The Morgan fingerprint density at radius 1 is 1.18 bits per heavy atom. The zero-order chi connectivity index (χ0) is 24.0. The lowest BCUT2D eigenvalue weighted by molar-refractivity contribution is -0.137. The van der Waals surface area contributed by atoms with Crippen LogP contribution in [0.3, 0.4) is 0 Å². The number of amides is 1. The molecule has 6 nitrogen and oxygen atoms in total. The summed E-state index contributed by atoms with van der Waals surface area (Å²) in [5.41, 5.74) is 2.44. The van der Waals surface area contributed by atoms with Crippen LogP contribution in [0, 0.1) is 5.92 Å². The molecule has 0 saturated carbocycles. The van der Waals surface area contributed by atoms with Crippen LogP contribution in [0.5, 0.6) is 0 Å². The zero-order valence-corrected chi connectivity index (χ0v) is 20.8. The summed E-state index contributed by atoms with van der Waals surface area (Å²) in [4.78, 5) is 30.3. The molecule has 0 fully saturated rings. The maximum absolute atomic E-state index is 13.0. The van der Waals surface area contributed by atoms with Crippen molar-refractivity contribution in [2.24, 2.45) is 5.92 Å². The molecule has 1 unspecified atom stereocenters. The molecule has 2 heterocycles. The minimum atomic E-state index is -0.843. The number of carbonyl (C=O) groups excluding carboxylic acids is 1. The number of rotatable bonds is 12. The quantitative estimate of drug-likeness (QED) is 0.338. The lowest BCUT2D eigenvalue weighted by atomic mass is 9.99. The van der Waals surface area contributed by atoms with Crippen molar-refractivity contribution < 1.29 is 14.7 Å². The Bertz CT molecular complexity index is 1070. The number of carbonyl (C=O) groups is 2. The number of imidazole rings is 1. The van der Waals surface area contributed by atoms with E-state index in [1.54, 1.807) is 11.3 Å². The van der Waals surface area contributed by atoms with Gasteiger partial charge in [0.05, 0.1) is 11.0 Å². The number of fused-ring (bicyclic) bond motifs is 1. The molecule has 0 radical (unpaired) electrons. The van der Waals surface area contributed by atoms with Crippen molar-refractivity contribution in [3.05, 3.63) is 52.0 Å². The third-order valence-electron chi connectivity index (χ3n) is 6.04. The van der Waals surface area contributed by atoms with E-state index in [1.165, 1.54) is 4.88 Å². The summed E-state index contributed by atoms with van der Waals surface area (Å²) in [5, 5.41) is 14.2. The molecule has 0 aliphatic carbocycles. The maximum Gasteiger partial charge on any atom is 0.303 e. The van der Waals surface area contributed by atoms with E-state index in [1.807, 2.05) is 18.2 Å². The van der Waals surface area contributed by atoms with Gasteiger partial charge < -0.3 is 15.0 Å². The van der Waals surface area contributed by atoms with E-state index in [2.05, 4.69) is 55.1 Å². The van der Waals surface area contributed by atoms with Crippen molar-refractivity contribution in [2.45, 2.75) is 78.3 Å². The number of carboxylic acid groups (broad SMARTS) is 1. The minimum absolute atomic E-state index is 0.0443. The van der Waals surface area contributed by atoms with Gasteiger partial charge in [-0.2, -0.15) is 0 Å². The number of hydrogen-bond donors (Lipinski definition) is 2. The van der Waals surface area contributed by atoms with Gasteiger partial charge in [0.25, 0.3) is 5.91 Å². The van der Waals surface area contributed by atoms with E-state index in [-0.39, 0.29) is 18.4 Å². The van der Waals surface area contributed by atoms with Gasteiger partial charge in [-0.25, -0.2) is 4.98 Å². The van der Waals surface area contributed by atoms with Gasteiger partial charge in [-0.05, 0) is 61.2 Å². The Kier molecular flexibility index (Phi) is 8.67. The summed E-state index contributed by atoms with van der Waals surface area (Å²) in [6, 6.07) is 10.1. The highest BCUT2D eigenvalue weighted by Gasteiger charge is 2.20. The third kappa shape index (κ3) is 6.44. The minimum Gasteiger partial charge on any atom is -0.481 e. The lowest BCUT2D eigenvalue weighted by Crippen LogP contribution is -2.36. The van der Waals surface area contributed by atoms with Gasteiger partial charge >= 0.3 is 5.97 Å². The van der Waals surface area contributed by atoms with Crippen LogP contribution < -0.4 is 5.32 Å². The first-order chi connectivity index (χ1) is 15.8. The Labute approximate surface area is 200 Å². The number of nitrogens with zero attached hydrogens (tertiary/aromatic N) is 2. The summed E-state index contributed by atoms with van der Waals surface area (Å²) in [5.74, 6) is 0.370. The first-order valence-corrected chi connectivity index (χ1v) is 12.8. The molecule has 0 spiro atoms. The highest BCUT2D eigenvalue weighted by atomic mass is 32.1. The summed E-state index contributed by atoms with van der Waals surface area (Å²) < 4.78 is 2.34. The highest BCUT2D eigenvalue weighted by Crippen LogP contribution is 2.28. The fourth-order valence-electron chi connectivity index (χ4n) is 4.43. The average molecular weight is 470 g/mol. The molecule has 2 N–H and O–H groups in total. The predicted octanol–water partition coefficient (Wildman–Crippen LogP) is 6.06. The molecule has 1 atom stereocenters. The number of benzene rings is 1. The molecule has 0 saturated heterocycles. The Morgan fingerprint density at radius 2 is 1.94 bits per heavy atom. The van der Waals surface area contributed by atoms with Crippen LogP contribution in [0.2, 0.25) is 0 Å².